The molecule has 0 radical (unpaired) electrons. The molecule has 1 saturated carbocycles. The molecule has 0 aromatic carbocycles. The Balaban J connectivity index is 1.72. The normalized spacial score (nSPS) is 16.0. The van der Waals surface area contributed by atoms with Crippen LogP contribution >= 0.6 is 0 Å². The SMILES string of the molecule is N#CCCC1(n2cc(-c3ncnc4[nH]ccc34)cn2)CC1. The van der Waals surface area contributed by atoms with E-state index in [4.69, 9.17) is 5.26 Å². The third-order valence-corrected chi connectivity index (χ3v) is 4.23. The summed E-state index contributed by atoms with van der Waals surface area (Å²) in [6.07, 6.45) is 11.0. The van der Waals surface area contributed by atoms with E-state index in [0.29, 0.717) is 6.42 Å². The highest BCUT2D eigenvalue weighted by molar-refractivity contribution is 5.89. The highest BCUT2D eigenvalue weighted by Gasteiger charge is 2.44. The van der Waals surface area contributed by atoms with Gasteiger partial charge >= 0.3 is 0 Å². The Hall–Kier alpha value is -2.68. The molecule has 0 saturated heterocycles. The summed E-state index contributed by atoms with van der Waals surface area (Å²) < 4.78 is 2.01. The topological polar surface area (TPSA) is 83.2 Å². The molecule has 1 aliphatic carbocycles. The van der Waals surface area contributed by atoms with Crippen molar-refractivity contribution >= 4 is 11.0 Å². The molecule has 1 fully saturated rings. The zero-order valence-corrected chi connectivity index (χ0v) is 11.5. The fourth-order valence-corrected chi connectivity index (χ4v) is 2.83. The molecule has 0 spiro atoms. The molecular weight excluding hydrogens is 264 g/mol. The van der Waals surface area contributed by atoms with Crippen LogP contribution in [0.2, 0.25) is 0 Å². The van der Waals surface area contributed by atoms with Crippen LogP contribution in [0.15, 0.2) is 31.0 Å². The second-order valence-electron chi connectivity index (χ2n) is 5.52. The average molecular weight is 278 g/mol. The molecule has 104 valence electrons. The summed E-state index contributed by atoms with van der Waals surface area (Å²) in [6, 6.07) is 4.20. The second-order valence-corrected chi connectivity index (χ2v) is 5.52. The average Bonchev–Trinajstić information content (AvgIpc) is 2.93. The standard InChI is InChI=1S/C15H14N6/c16-6-1-3-15(4-5-15)21-9-11(8-20-21)13-12-2-7-17-14(12)19-10-18-13/h2,7-10H,1,3-5H2,(H,17,18,19). The van der Waals surface area contributed by atoms with Crippen LogP contribution in [0.25, 0.3) is 22.3 Å². The van der Waals surface area contributed by atoms with Gasteiger partial charge < -0.3 is 4.98 Å². The van der Waals surface area contributed by atoms with Gasteiger partial charge in [-0.05, 0) is 25.3 Å². The van der Waals surface area contributed by atoms with E-state index in [-0.39, 0.29) is 5.54 Å². The number of hydrogen-bond donors (Lipinski definition) is 1. The monoisotopic (exact) mass is 278 g/mol. The molecule has 6 heteroatoms. The van der Waals surface area contributed by atoms with E-state index in [1.807, 2.05) is 29.3 Å². The number of nitriles is 1. The van der Waals surface area contributed by atoms with Crippen LogP contribution in [-0.4, -0.2) is 24.7 Å². The first-order chi connectivity index (χ1) is 10.3. The van der Waals surface area contributed by atoms with Crippen LogP contribution in [-0.2, 0) is 5.54 Å². The Kier molecular flexibility index (Phi) is 2.54. The summed E-state index contributed by atoms with van der Waals surface area (Å²) in [5.41, 5.74) is 2.77. The Morgan fingerprint density at radius 3 is 3.10 bits per heavy atom. The minimum atomic E-state index is 0.0538. The van der Waals surface area contributed by atoms with Gasteiger partial charge in [-0.3, -0.25) is 4.68 Å². The van der Waals surface area contributed by atoms with Crippen molar-refractivity contribution in [1.29, 1.82) is 5.26 Å². The van der Waals surface area contributed by atoms with E-state index < -0.39 is 0 Å². The molecule has 6 nitrogen and oxygen atoms in total. The van der Waals surface area contributed by atoms with Crippen molar-refractivity contribution in [1.82, 2.24) is 24.7 Å². The third-order valence-electron chi connectivity index (χ3n) is 4.23. The maximum absolute atomic E-state index is 8.78. The molecule has 0 atom stereocenters. The second kappa shape index (κ2) is 4.42. The van der Waals surface area contributed by atoms with Crippen LogP contribution in [0.3, 0.4) is 0 Å². The number of fused-ring (bicyclic) bond motifs is 1. The van der Waals surface area contributed by atoms with E-state index in [1.165, 1.54) is 0 Å². The summed E-state index contributed by atoms with van der Waals surface area (Å²) in [6.45, 7) is 0. The van der Waals surface area contributed by atoms with Crippen LogP contribution in [0.1, 0.15) is 25.7 Å². The van der Waals surface area contributed by atoms with Crippen LogP contribution in [0.4, 0.5) is 0 Å². The van der Waals surface area contributed by atoms with Gasteiger partial charge in [0.1, 0.15) is 12.0 Å². The van der Waals surface area contributed by atoms with Gasteiger partial charge in [0.2, 0.25) is 0 Å². The fourth-order valence-electron chi connectivity index (χ4n) is 2.83. The van der Waals surface area contributed by atoms with Crippen LogP contribution < -0.4 is 0 Å². The summed E-state index contributed by atoms with van der Waals surface area (Å²) >= 11 is 0. The van der Waals surface area contributed by atoms with Crippen molar-refractivity contribution in [3.63, 3.8) is 0 Å². The Morgan fingerprint density at radius 1 is 1.38 bits per heavy atom. The van der Waals surface area contributed by atoms with Gasteiger partial charge in [0.25, 0.3) is 0 Å². The molecule has 0 bridgehead atoms. The molecule has 1 aliphatic rings. The third kappa shape index (κ3) is 1.89. The molecule has 0 amide bonds. The van der Waals surface area contributed by atoms with Gasteiger partial charge in [-0.15, -0.1) is 0 Å². The molecule has 0 aliphatic heterocycles. The lowest BCUT2D eigenvalue weighted by Crippen LogP contribution is -2.17. The Bertz CT molecular complexity index is 833. The maximum atomic E-state index is 8.78. The number of aromatic nitrogens is 5. The predicted molar refractivity (Wildman–Crippen MR) is 77.2 cm³/mol. The first kappa shape index (κ1) is 12.1. The zero-order chi connectivity index (χ0) is 14.3. The summed E-state index contributed by atoms with van der Waals surface area (Å²) in [4.78, 5) is 11.7. The van der Waals surface area contributed by atoms with E-state index in [2.05, 4.69) is 26.1 Å². The Morgan fingerprint density at radius 2 is 2.29 bits per heavy atom. The first-order valence-electron chi connectivity index (χ1n) is 7.03. The van der Waals surface area contributed by atoms with Crippen LogP contribution in [0, 0.1) is 11.3 Å². The smallest absolute Gasteiger partial charge is 0.141 e. The molecule has 21 heavy (non-hydrogen) atoms. The van der Waals surface area contributed by atoms with E-state index in [0.717, 1.165) is 41.6 Å². The largest absolute Gasteiger partial charge is 0.346 e. The lowest BCUT2D eigenvalue weighted by atomic mass is 10.1. The van der Waals surface area contributed by atoms with E-state index in [9.17, 15) is 0 Å². The van der Waals surface area contributed by atoms with Gasteiger partial charge in [0, 0.05) is 29.8 Å². The molecular formula is C15H14N6. The van der Waals surface area contributed by atoms with Gasteiger partial charge in [-0.2, -0.15) is 10.4 Å². The summed E-state index contributed by atoms with van der Waals surface area (Å²) in [5, 5.41) is 14.3. The van der Waals surface area contributed by atoms with Gasteiger partial charge in [0.15, 0.2) is 0 Å². The number of rotatable bonds is 4. The van der Waals surface area contributed by atoms with Crippen molar-refractivity contribution < 1.29 is 0 Å². The number of nitrogens with one attached hydrogen (secondary N) is 1. The van der Waals surface area contributed by atoms with Crippen molar-refractivity contribution in [3.05, 3.63) is 31.0 Å². The van der Waals surface area contributed by atoms with Gasteiger partial charge in [0.05, 0.1) is 23.5 Å². The summed E-state index contributed by atoms with van der Waals surface area (Å²) in [7, 11) is 0. The van der Waals surface area contributed by atoms with Crippen molar-refractivity contribution in [2.75, 3.05) is 0 Å². The number of aromatic amines is 1. The van der Waals surface area contributed by atoms with E-state index >= 15 is 0 Å². The highest BCUT2D eigenvalue weighted by atomic mass is 15.3. The number of hydrogen-bond acceptors (Lipinski definition) is 4. The molecule has 4 rings (SSSR count). The first-order valence-corrected chi connectivity index (χ1v) is 7.03. The highest BCUT2D eigenvalue weighted by Crippen LogP contribution is 2.47. The molecule has 0 unspecified atom stereocenters. The molecule has 3 heterocycles. The van der Waals surface area contributed by atoms with Crippen molar-refractivity contribution in [3.8, 4) is 17.3 Å². The molecule has 3 aromatic heterocycles. The quantitative estimate of drug-likeness (QED) is 0.795. The zero-order valence-electron chi connectivity index (χ0n) is 11.5. The number of H-pyrrole nitrogens is 1. The van der Waals surface area contributed by atoms with Gasteiger partial charge in [-0.1, -0.05) is 0 Å². The minimum absolute atomic E-state index is 0.0538. The predicted octanol–water partition coefficient (Wildman–Crippen LogP) is 2.61. The molecule has 1 N–H and O–H groups in total. The summed E-state index contributed by atoms with van der Waals surface area (Å²) in [5.74, 6) is 0. The maximum Gasteiger partial charge on any atom is 0.141 e. The Labute approximate surface area is 121 Å². The lowest BCUT2D eigenvalue weighted by Gasteiger charge is -2.13. The number of nitrogens with zero attached hydrogens (tertiary/aromatic N) is 5. The van der Waals surface area contributed by atoms with Gasteiger partial charge in [-0.25, -0.2) is 9.97 Å². The fraction of sp³-hybridized carbons (Fsp3) is 0.333. The van der Waals surface area contributed by atoms with Crippen molar-refractivity contribution in [2.45, 2.75) is 31.2 Å². The molecule has 3 aromatic rings. The lowest BCUT2D eigenvalue weighted by molar-refractivity contribution is 0.406. The van der Waals surface area contributed by atoms with Crippen LogP contribution in [0.5, 0.6) is 0 Å². The minimum Gasteiger partial charge on any atom is -0.346 e. The van der Waals surface area contributed by atoms with E-state index in [1.54, 1.807) is 6.33 Å². The van der Waals surface area contributed by atoms with Crippen molar-refractivity contribution in [2.24, 2.45) is 0 Å².